The highest BCUT2D eigenvalue weighted by Crippen LogP contribution is 2.54. The van der Waals surface area contributed by atoms with Gasteiger partial charge in [0.15, 0.2) is 9.84 Å². The van der Waals surface area contributed by atoms with Crippen LogP contribution in [-0.4, -0.2) is 18.7 Å². The van der Waals surface area contributed by atoms with E-state index in [1.165, 1.54) is 0 Å². The van der Waals surface area contributed by atoms with E-state index in [0.29, 0.717) is 9.92 Å². The van der Waals surface area contributed by atoms with E-state index >= 15 is 0 Å². The Balaban J connectivity index is 2.01. The monoisotopic (exact) mass is 351 g/mol. The molecule has 0 amide bonds. The predicted octanol–water partition coefficient (Wildman–Crippen LogP) is 3.18. The summed E-state index contributed by atoms with van der Waals surface area (Å²) in [5.74, 6) is -0.583. The van der Waals surface area contributed by atoms with Gasteiger partial charge in [0.2, 0.25) is 0 Å². The van der Waals surface area contributed by atoms with Gasteiger partial charge in [0, 0.05) is 16.9 Å². The van der Waals surface area contributed by atoms with Crippen molar-refractivity contribution in [1.29, 1.82) is 0 Å². The highest BCUT2D eigenvalue weighted by molar-refractivity contribution is 7.92. The van der Waals surface area contributed by atoms with Crippen molar-refractivity contribution >= 4 is 38.6 Å². The van der Waals surface area contributed by atoms with Crippen LogP contribution < -0.4 is 5.73 Å². The third kappa shape index (κ3) is 2.64. The molecule has 6 heteroatoms. The SMILES string of the molecule is NC(=S)[C@@H]1[C@H](c2cccc(Cl)c2)[C@H]1S(=O)(=O)c1ccccc1. The second-order valence-electron chi connectivity index (χ2n) is 5.33. The Kier molecular flexibility index (Phi) is 3.97. The first-order chi connectivity index (χ1) is 10.4. The van der Waals surface area contributed by atoms with Gasteiger partial charge in [0.25, 0.3) is 0 Å². The average molecular weight is 352 g/mol. The summed E-state index contributed by atoms with van der Waals surface area (Å²) in [5.41, 5.74) is 6.62. The maximum atomic E-state index is 12.8. The highest BCUT2D eigenvalue weighted by Gasteiger charge is 2.60. The van der Waals surface area contributed by atoms with E-state index in [-0.39, 0.29) is 16.8 Å². The van der Waals surface area contributed by atoms with Crippen molar-refractivity contribution in [2.45, 2.75) is 16.1 Å². The fourth-order valence-corrected chi connectivity index (χ4v) is 5.64. The minimum Gasteiger partial charge on any atom is -0.393 e. The Labute approximate surface area is 140 Å². The van der Waals surface area contributed by atoms with Gasteiger partial charge in [-0.15, -0.1) is 0 Å². The van der Waals surface area contributed by atoms with E-state index in [0.717, 1.165) is 5.56 Å². The van der Waals surface area contributed by atoms with Crippen molar-refractivity contribution in [3.63, 3.8) is 0 Å². The number of sulfone groups is 1. The maximum Gasteiger partial charge on any atom is 0.182 e. The molecular formula is C16H14ClNO2S2. The lowest BCUT2D eigenvalue weighted by molar-refractivity contribution is 0.593. The second-order valence-corrected chi connectivity index (χ2v) is 8.35. The van der Waals surface area contributed by atoms with Crippen LogP contribution >= 0.6 is 23.8 Å². The Bertz CT molecular complexity index is 821. The molecule has 0 aromatic heterocycles. The van der Waals surface area contributed by atoms with Crippen LogP contribution in [0.4, 0.5) is 0 Å². The van der Waals surface area contributed by atoms with E-state index in [1.54, 1.807) is 48.5 Å². The standard InChI is InChI=1S/C16H14ClNO2S2/c17-11-6-4-5-10(9-11)13-14(16(18)21)15(13)22(19,20)12-7-2-1-3-8-12/h1-9,13-15H,(H2,18,21)/t13-,14+,15+/m0/s1. The molecule has 0 unspecified atom stereocenters. The number of hydrogen-bond donors (Lipinski definition) is 1. The summed E-state index contributed by atoms with van der Waals surface area (Å²) < 4.78 is 25.7. The molecule has 0 spiro atoms. The van der Waals surface area contributed by atoms with Crippen molar-refractivity contribution in [1.82, 2.24) is 0 Å². The molecule has 0 saturated heterocycles. The minimum absolute atomic E-state index is 0.231. The number of thiocarbonyl (C=S) groups is 1. The maximum absolute atomic E-state index is 12.8. The van der Waals surface area contributed by atoms with Gasteiger partial charge >= 0.3 is 0 Å². The van der Waals surface area contributed by atoms with Crippen LogP contribution in [0.1, 0.15) is 11.5 Å². The molecule has 114 valence electrons. The van der Waals surface area contributed by atoms with Crippen LogP contribution in [0.2, 0.25) is 5.02 Å². The fraction of sp³-hybridized carbons (Fsp3) is 0.188. The minimum atomic E-state index is -3.48. The largest absolute Gasteiger partial charge is 0.393 e. The van der Waals surface area contributed by atoms with Gasteiger partial charge in [-0.25, -0.2) is 8.42 Å². The summed E-state index contributed by atoms with van der Waals surface area (Å²) in [6.45, 7) is 0. The normalized spacial score (nSPS) is 24.0. The first-order valence-corrected chi connectivity index (χ1v) is 9.10. The van der Waals surface area contributed by atoms with E-state index < -0.39 is 15.1 Å². The summed E-state index contributed by atoms with van der Waals surface area (Å²) in [4.78, 5) is 0.528. The van der Waals surface area contributed by atoms with Gasteiger partial charge in [-0.1, -0.05) is 54.2 Å². The molecule has 3 rings (SSSR count). The third-order valence-electron chi connectivity index (χ3n) is 3.95. The molecular weight excluding hydrogens is 338 g/mol. The summed E-state index contributed by atoms with van der Waals surface area (Å²) in [7, 11) is -3.48. The Hall–Kier alpha value is -1.43. The molecule has 0 aliphatic heterocycles. The Morgan fingerprint density at radius 3 is 2.36 bits per heavy atom. The zero-order valence-electron chi connectivity index (χ0n) is 11.5. The highest BCUT2D eigenvalue weighted by atomic mass is 35.5. The molecule has 2 aromatic rings. The molecule has 0 heterocycles. The second kappa shape index (κ2) is 5.65. The van der Waals surface area contributed by atoms with E-state index in [2.05, 4.69) is 0 Å². The summed E-state index contributed by atoms with van der Waals surface area (Å²) >= 11 is 11.1. The zero-order valence-corrected chi connectivity index (χ0v) is 13.9. The number of hydrogen-bond acceptors (Lipinski definition) is 3. The van der Waals surface area contributed by atoms with Crippen LogP contribution in [-0.2, 0) is 9.84 Å². The molecule has 1 aliphatic rings. The molecule has 2 aromatic carbocycles. The molecule has 1 aliphatic carbocycles. The smallest absolute Gasteiger partial charge is 0.182 e. The van der Waals surface area contributed by atoms with Crippen molar-refractivity contribution in [3.05, 3.63) is 65.2 Å². The summed E-state index contributed by atoms with van der Waals surface area (Å²) in [6.07, 6.45) is 0. The van der Waals surface area contributed by atoms with Crippen molar-refractivity contribution in [3.8, 4) is 0 Å². The quantitative estimate of drug-likeness (QED) is 0.859. The van der Waals surface area contributed by atoms with Crippen molar-refractivity contribution < 1.29 is 8.42 Å². The lowest BCUT2D eigenvalue weighted by atomic mass is 10.1. The molecule has 3 atom stereocenters. The van der Waals surface area contributed by atoms with Gasteiger partial charge < -0.3 is 5.73 Å². The first-order valence-electron chi connectivity index (χ1n) is 6.76. The number of nitrogens with two attached hydrogens (primary N) is 1. The van der Waals surface area contributed by atoms with Gasteiger partial charge in [-0.3, -0.25) is 0 Å². The first kappa shape index (κ1) is 15.5. The Morgan fingerprint density at radius 2 is 1.77 bits per heavy atom. The molecule has 0 radical (unpaired) electrons. The lowest BCUT2D eigenvalue weighted by Gasteiger charge is -2.04. The average Bonchev–Trinajstić information content (AvgIpc) is 3.25. The molecule has 0 bridgehead atoms. The van der Waals surface area contributed by atoms with Crippen LogP contribution in [0, 0.1) is 5.92 Å². The van der Waals surface area contributed by atoms with Gasteiger partial charge in [-0.2, -0.15) is 0 Å². The third-order valence-corrected chi connectivity index (χ3v) is 6.69. The molecule has 1 fully saturated rings. The number of halogens is 1. The predicted molar refractivity (Wildman–Crippen MR) is 91.9 cm³/mol. The van der Waals surface area contributed by atoms with Crippen LogP contribution in [0.15, 0.2) is 59.5 Å². The van der Waals surface area contributed by atoms with E-state index in [4.69, 9.17) is 29.6 Å². The van der Waals surface area contributed by atoms with Crippen molar-refractivity contribution in [2.24, 2.45) is 11.7 Å². The number of rotatable bonds is 4. The summed E-state index contributed by atoms with van der Waals surface area (Å²) in [6, 6.07) is 15.6. The van der Waals surface area contributed by atoms with Crippen LogP contribution in [0.5, 0.6) is 0 Å². The summed E-state index contributed by atoms with van der Waals surface area (Å²) in [5, 5.41) is -0.0483. The lowest BCUT2D eigenvalue weighted by Crippen LogP contribution is -2.17. The van der Waals surface area contributed by atoms with Crippen LogP contribution in [0.25, 0.3) is 0 Å². The molecule has 2 N–H and O–H groups in total. The Morgan fingerprint density at radius 1 is 1.09 bits per heavy atom. The number of benzene rings is 2. The molecule has 1 saturated carbocycles. The van der Waals surface area contributed by atoms with E-state index in [1.807, 2.05) is 6.07 Å². The van der Waals surface area contributed by atoms with Crippen molar-refractivity contribution in [2.75, 3.05) is 0 Å². The molecule has 3 nitrogen and oxygen atoms in total. The van der Waals surface area contributed by atoms with Crippen LogP contribution in [0.3, 0.4) is 0 Å². The van der Waals surface area contributed by atoms with Gasteiger partial charge in [0.1, 0.15) is 0 Å². The topological polar surface area (TPSA) is 60.2 Å². The van der Waals surface area contributed by atoms with Gasteiger partial charge in [-0.05, 0) is 29.8 Å². The zero-order chi connectivity index (χ0) is 15.9. The van der Waals surface area contributed by atoms with Gasteiger partial charge in [0.05, 0.1) is 15.1 Å². The van der Waals surface area contributed by atoms with E-state index in [9.17, 15) is 8.42 Å². The fourth-order valence-electron chi connectivity index (χ4n) is 2.89. The molecule has 22 heavy (non-hydrogen) atoms.